The van der Waals surface area contributed by atoms with Crippen LogP contribution in [0.25, 0.3) is 0 Å². The third kappa shape index (κ3) is 2.91. The fourth-order valence-electron chi connectivity index (χ4n) is 1.67. The summed E-state index contributed by atoms with van der Waals surface area (Å²) in [6.07, 6.45) is 1.41. The average Bonchev–Trinajstić information content (AvgIpc) is 2.38. The quantitative estimate of drug-likeness (QED) is 0.583. The van der Waals surface area contributed by atoms with E-state index in [-0.39, 0.29) is 6.42 Å². The first-order chi connectivity index (χ1) is 8.15. The zero-order valence-electron chi connectivity index (χ0n) is 9.82. The number of methoxy groups -OCH3 is 1. The highest BCUT2D eigenvalue weighted by Gasteiger charge is 2.13. The SMILES string of the molecule is CCc1cc(C=O)cc(C#N)c1CC(=O)OC. The first kappa shape index (κ1) is 12.9. The molecular formula is C13H13NO3. The second-order valence-electron chi connectivity index (χ2n) is 3.54. The topological polar surface area (TPSA) is 67.2 Å². The second-order valence-corrected chi connectivity index (χ2v) is 3.54. The Balaban J connectivity index is 3.30. The minimum absolute atomic E-state index is 0.0572. The van der Waals surface area contributed by atoms with Crippen LogP contribution in [-0.4, -0.2) is 19.4 Å². The molecule has 0 N–H and O–H groups in total. The van der Waals surface area contributed by atoms with E-state index in [2.05, 4.69) is 4.74 Å². The van der Waals surface area contributed by atoms with Crippen molar-refractivity contribution in [2.75, 3.05) is 7.11 Å². The van der Waals surface area contributed by atoms with Crippen molar-refractivity contribution in [1.82, 2.24) is 0 Å². The Morgan fingerprint density at radius 2 is 2.24 bits per heavy atom. The van der Waals surface area contributed by atoms with Crippen LogP contribution in [0.1, 0.15) is 34.0 Å². The maximum atomic E-state index is 11.3. The van der Waals surface area contributed by atoms with Crippen LogP contribution in [0.3, 0.4) is 0 Å². The van der Waals surface area contributed by atoms with Crippen LogP contribution in [0.2, 0.25) is 0 Å². The molecule has 0 saturated heterocycles. The van der Waals surface area contributed by atoms with E-state index < -0.39 is 5.97 Å². The van der Waals surface area contributed by atoms with Crippen molar-refractivity contribution in [1.29, 1.82) is 5.26 Å². The lowest BCUT2D eigenvalue weighted by Gasteiger charge is -2.09. The summed E-state index contributed by atoms with van der Waals surface area (Å²) in [6.45, 7) is 1.91. The minimum Gasteiger partial charge on any atom is -0.469 e. The summed E-state index contributed by atoms with van der Waals surface area (Å²) in [7, 11) is 1.31. The Morgan fingerprint density at radius 3 is 2.71 bits per heavy atom. The van der Waals surface area contributed by atoms with Gasteiger partial charge in [-0.15, -0.1) is 0 Å². The van der Waals surface area contributed by atoms with Crippen LogP contribution in [0, 0.1) is 11.3 Å². The molecule has 0 fully saturated rings. The summed E-state index contributed by atoms with van der Waals surface area (Å²) < 4.78 is 4.59. The van der Waals surface area contributed by atoms with Gasteiger partial charge in [-0.3, -0.25) is 9.59 Å². The maximum Gasteiger partial charge on any atom is 0.310 e. The third-order valence-electron chi connectivity index (χ3n) is 2.55. The Morgan fingerprint density at radius 1 is 1.53 bits per heavy atom. The van der Waals surface area contributed by atoms with E-state index >= 15 is 0 Å². The molecule has 0 atom stereocenters. The predicted molar refractivity (Wildman–Crippen MR) is 61.6 cm³/mol. The van der Waals surface area contributed by atoms with Gasteiger partial charge in [0.15, 0.2) is 0 Å². The highest BCUT2D eigenvalue weighted by atomic mass is 16.5. The molecule has 0 unspecified atom stereocenters. The van der Waals surface area contributed by atoms with Gasteiger partial charge in [-0.05, 0) is 29.7 Å². The van der Waals surface area contributed by atoms with E-state index in [1.807, 2.05) is 13.0 Å². The van der Waals surface area contributed by atoms with Crippen LogP contribution in [0.15, 0.2) is 12.1 Å². The number of nitrogens with zero attached hydrogens (tertiary/aromatic N) is 1. The standard InChI is InChI=1S/C13H13NO3/c1-3-10-4-9(8-15)5-11(7-14)12(10)6-13(16)17-2/h4-5,8H,3,6H2,1-2H3. The van der Waals surface area contributed by atoms with E-state index in [0.717, 1.165) is 5.56 Å². The number of aldehydes is 1. The van der Waals surface area contributed by atoms with E-state index in [9.17, 15) is 9.59 Å². The summed E-state index contributed by atoms with van der Waals surface area (Å²) in [5.74, 6) is -0.393. The number of rotatable bonds is 4. The molecule has 0 heterocycles. The number of benzene rings is 1. The minimum atomic E-state index is -0.393. The normalized spacial score (nSPS) is 9.47. The molecule has 0 saturated carbocycles. The van der Waals surface area contributed by atoms with Gasteiger partial charge in [-0.1, -0.05) is 6.92 Å². The van der Waals surface area contributed by atoms with E-state index in [4.69, 9.17) is 5.26 Å². The number of nitriles is 1. The number of aryl methyl sites for hydroxylation is 1. The van der Waals surface area contributed by atoms with Gasteiger partial charge in [-0.25, -0.2) is 0 Å². The van der Waals surface area contributed by atoms with Crippen LogP contribution in [-0.2, 0) is 22.4 Å². The molecule has 1 aromatic carbocycles. The number of ether oxygens (including phenoxy) is 1. The summed E-state index contributed by atoms with van der Waals surface area (Å²) in [4.78, 5) is 22.0. The molecule has 0 aliphatic rings. The Kier molecular flexibility index (Phi) is 4.41. The van der Waals surface area contributed by atoms with Gasteiger partial charge in [0.2, 0.25) is 0 Å². The summed E-state index contributed by atoms with van der Waals surface area (Å²) in [6, 6.07) is 5.20. The molecule has 4 heteroatoms. The largest absolute Gasteiger partial charge is 0.469 e. The van der Waals surface area contributed by atoms with Crippen molar-refractivity contribution in [3.63, 3.8) is 0 Å². The fraction of sp³-hybridized carbons (Fsp3) is 0.308. The summed E-state index contributed by atoms with van der Waals surface area (Å²) in [5.41, 5.74) is 2.29. The van der Waals surface area contributed by atoms with Crippen LogP contribution >= 0.6 is 0 Å². The number of esters is 1. The lowest BCUT2D eigenvalue weighted by atomic mass is 9.94. The van der Waals surface area contributed by atoms with Gasteiger partial charge in [0, 0.05) is 5.56 Å². The van der Waals surface area contributed by atoms with Gasteiger partial charge in [0.25, 0.3) is 0 Å². The molecule has 0 aliphatic carbocycles. The number of carbonyl (C=O) groups excluding carboxylic acids is 2. The lowest BCUT2D eigenvalue weighted by molar-refractivity contribution is -0.139. The molecule has 1 aromatic rings. The highest BCUT2D eigenvalue weighted by molar-refractivity contribution is 5.79. The number of carbonyl (C=O) groups is 2. The molecule has 4 nitrogen and oxygen atoms in total. The Hall–Kier alpha value is -2.15. The molecule has 17 heavy (non-hydrogen) atoms. The fourth-order valence-corrected chi connectivity index (χ4v) is 1.67. The molecule has 1 rings (SSSR count). The van der Waals surface area contributed by atoms with Crippen molar-refractivity contribution < 1.29 is 14.3 Å². The van der Waals surface area contributed by atoms with Crippen molar-refractivity contribution >= 4 is 12.3 Å². The lowest BCUT2D eigenvalue weighted by Crippen LogP contribution is -2.09. The Labute approximate surface area is 99.8 Å². The third-order valence-corrected chi connectivity index (χ3v) is 2.55. The molecule has 0 amide bonds. The van der Waals surface area contributed by atoms with Gasteiger partial charge in [0.05, 0.1) is 25.2 Å². The van der Waals surface area contributed by atoms with Crippen LogP contribution < -0.4 is 0 Å². The zero-order chi connectivity index (χ0) is 12.8. The molecule has 0 bridgehead atoms. The smallest absolute Gasteiger partial charge is 0.310 e. The van der Waals surface area contributed by atoms with Crippen LogP contribution in [0.4, 0.5) is 0 Å². The predicted octanol–water partition coefficient (Wildman–Crippen LogP) is 1.65. The summed E-state index contributed by atoms with van der Waals surface area (Å²) >= 11 is 0. The number of hydrogen-bond acceptors (Lipinski definition) is 4. The number of hydrogen-bond donors (Lipinski definition) is 0. The monoisotopic (exact) mass is 231 g/mol. The van der Waals surface area contributed by atoms with E-state index in [0.29, 0.717) is 29.4 Å². The van der Waals surface area contributed by atoms with Crippen molar-refractivity contribution in [2.24, 2.45) is 0 Å². The first-order valence-corrected chi connectivity index (χ1v) is 5.24. The van der Waals surface area contributed by atoms with Crippen molar-refractivity contribution in [3.8, 4) is 6.07 Å². The molecule has 0 aromatic heterocycles. The Bertz CT molecular complexity index is 486. The molecule has 0 spiro atoms. The molecular weight excluding hydrogens is 218 g/mol. The van der Waals surface area contributed by atoms with Gasteiger partial charge < -0.3 is 4.74 Å². The average molecular weight is 231 g/mol. The zero-order valence-corrected chi connectivity index (χ0v) is 9.82. The van der Waals surface area contributed by atoms with E-state index in [1.54, 1.807) is 6.07 Å². The van der Waals surface area contributed by atoms with Crippen LogP contribution in [0.5, 0.6) is 0 Å². The maximum absolute atomic E-state index is 11.3. The second kappa shape index (κ2) is 5.80. The van der Waals surface area contributed by atoms with Crippen molar-refractivity contribution in [2.45, 2.75) is 19.8 Å². The van der Waals surface area contributed by atoms with E-state index in [1.165, 1.54) is 13.2 Å². The van der Waals surface area contributed by atoms with Crippen molar-refractivity contribution in [3.05, 3.63) is 34.4 Å². The molecule has 0 radical (unpaired) electrons. The highest BCUT2D eigenvalue weighted by Crippen LogP contribution is 2.18. The van der Waals surface area contributed by atoms with Gasteiger partial charge in [0.1, 0.15) is 6.29 Å². The molecule has 0 aliphatic heterocycles. The first-order valence-electron chi connectivity index (χ1n) is 5.24. The van der Waals surface area contributed by atoms with Gasteiger partial charge in [-0.2, -0.15) is 5.26 Å². The molecule has 88 valence electrons. The van der Waals surface area contributed by atoms with Gasteiger partial charge >= 0.3 is 5.97 Å². The summed E-state index contributed by atoms with van der Waals surface area (Å²) in [5, 5.41) is 9.03.